The van der Waals surface area contributed by atoms with Crippen LogP contribution in [0.3, 0.4) is 0 Å². The first kappa shape index (κ1) is 17.3. The van der Waals surface area contributed by atoms with Gasteiger partial charge in [-0.3, -0.25) is 5.32 Å². The van der Waals surface area contributed by atoms with Crippen molar-refractivity contribution in [2.75, 3.05) is 18.4 Å². The fraction of sp³-hybridized carbons (Fsp3) is 0.368. The molecule has 2 aromatic rings. The van der Waals surface area contributed by atoms with Gasteiger partial charge in [-0.25, -0.2) is 0 Å². The zero-order chi connectivity index (χ0) is 16.7. The Morgan fingerprint density at radius 2 is 1.61 bits per heavy atom. The largest absolute Gasteiger partial charge is 0.473 e. The minimum absolute atomic E-state index is 0.433. The number of nitrogens with one attached hydrogen (secondary N) is 2. The average molecular weight is 314 g/mol. The third-order valence-corrected chi connectivity index (χ3v) is 3.70. The highest BCUT2D eigenvalue weighted by atomic mass is 16.5. The van der Waals surface area contributed by atoms with Crippen molar-refractivity contribution in [3.05, 3.63) is 59.7 Å². The zero-order valence-corrected chi connectivity index (χ0v) is 14.0. The summed E-state index contributed by atoms with van der Waals surface area (Å²) in [4.78, 5) is 0. The van der Waals surface area contributed by atoms with Crippen molar-refractivity contribution in [2.24, 2.45) is 0 Å². The van der Waals surface area contributed by atoms with E-state index in [4.69, 9.17) is 4.74 Å². The van der Waals surface area contributed by atoms with Crippen molar-refractivity contribution in [3.8, 4) is 5.75 Å². The van der Waals surface area contributed by atoms with E-state index < -0.39 is 12.3 Å². The highest BCUT2D eigenvalue weighted by molar-refractivity contribution is 5.56. The first-order valence-electron chi connectivity index (χ1n) is 8.01. The molecule has 0 aliphatic rings. The van der Waals surface area contributed by atoms with Crippen LogP contribution in [0.25, 0.3) is 0 Å². The molecule has 2 atom stereocenters. The second kappa shape index (κ2) is 8.56. The van der Waals surface area contributed by atoms with Crippen LogP contribution in [-0.2, 0) is 0 Å². The van der Waals surface area contributed by atoms with Crippen LogP contribution in [0, 0.1) is 13.8 Å². The van der Waals surface area contributed by atoms with Gasteiger partial charge in [0.05, 0.1) is 0 Å². The Labute approximate surface area is 138 Å². The topological polar surface area (TPSA) is 53.5 Å². The smallest absolute Gasteiger partial charge is 0.176 e. The first-order valence-corrected chi connectivity index (χ1v) is 8.01. The molecule has 0 aromatic heterocycles. The lowest BCUT2D eigenvalue weighted by atomic mass is 10.1. The number of hydrogen-bond donors (Lipinski definition) is 3. The van der Waals surface area contributed by atoms with Gasteiger partial charge in [0.15, 0.2) is 6.23 Å². The Balaban J connectivity index is 1.83. The monoisotopic (exact) mass is 314 g/mol. The molecular formula is C19H26N2O2. The highest BCUT2D eigenvalue weighted by Crippen LogP contribution is 2.18. The maximum Gasteiger partial charge on any atom is 0.176 e. The molecule has 0 bridgehead atoms. The summed E-state index contributed by atoms with van der Waals surface area (Å²) in [5.41, 5.74) is 3.64. The molecule has 23 heavy (non-hydrogen) atoms. The molecular weight excluding hydrogens is 288 g/mol. The van der Waals surface area contributed by atoms with Crippen molar-refractivity contribution in [1.82, 2.24) is 5.32 Å². The summed E-state index contributed by atoms with van der Waals surface area (Å²) in [6.07, 6.45) is -1.03. The molecule has 0 spiro atoms. The summed E-state index contributed by atoms with van der Waals surface area (Å²) in [6.45, 7) is 7.36. The molecule has 0 heterocycles. The number of ether oxygens (including phenoxy) is 1. The van der Waals surface area contributed by atoms with Gasteiger partial charge < -0.3 is 15.2 Å². The van der Waals surface area contributed by atoms with E-state index in [1.807, 2.05) is 30.3 Å². The summed E-state index contributed by atoms with van der Waals surface area (Å²) >= 11 is 0. The van der Waals surface area contributed by atoms with Crippen LogP contribution in [0.4, 0.5) is 5.69 Å². The average Bonchev–Trinajstić information content (AvgIpc) is 2.53. The molecule has 2 unspecified atom stereocenters. The van der Waals surface area contributed by atoms with E-state index in [-0.39, 0.29) is 0 Å². The predicted molar refractivity (Wildman–Crippen MR) is 94.9 cm³/mol. The van der Waals surface area contributed by atoms with Crippen molar-refractivity contribution in [1.29, 1.82) is 0 Å². The van der Waals surface area contributed by atoms with Gasteiger partial charge in [-0.1, -0.05) is 36.4 Å². The number of aliphatic hydroxyl groups excluding tert-OH is 1. The minimum atomic E-state index is -0.601. The molecule has 0 saturated heterocycles. The zero-order valence-electron chi connectivity index (χ0n) is 14.0. The number of hydrogen-bond acceptors (Lipinski definition) is 4. The number of rotatable bonds is 8. The molecule has 0 aliphatic carbocycles. The molecule has 3 N–H and O–H groups in total. The molecule has 2 aromatic carbocycles. The van der Waals surface area contributed by atoms with Crippen molar-refractivity contribution < 1.29 is 9.84 Å². The van der Waals surface area contributed by atoms with E-state index in [1.54, 1.807) is 6.92 Å². The molecule has 124 valence electrons. The number of para-hydroxylation sites is 2. The van der Waals surface area contributed by atoms with Gasteiger partial charge in [0, 0.05) is 18.8 Å². The van der Waals surface area contributed by atoms with Gasteiger partial charge in [0.25, 0.3) is 0 Å². The van der Waals surface area contributed by atoms with Crippen molar-refractivity contribution in [3.63, 3.8) is 0 Å². The van der Waals surface area contributed by atoms with Crippen LogP contribution < -0.4 is 15.4 Å². The second-order valence-corrected chi connectivity index (χ2v) is 5.74. The fourth-order valence-electron chi connectivity index (χ4n) is 2.45. The molecule has 0 aliphatic heterocycles. The Hall–Kier alpha value is -2.04. The Bertz CT molecular complexity index is 579. The maximum atomic E-state index is 9.87. The standard InChI is InChI=1S/C19H26N2O2/c1-14-8-7-9-15(2)18(14)20-12-13-21-19(16(3)22)23-17-10-5-4-6-11-17/h4-11,16,19-22H,12-13H2,1-3H3. The van der Waals surface area contributed by atoms with E-state index in [0.29, 0.717) is 6.54 Å². The predicted octanol–water partition coefficient (Wildman–Crippen LogP) is 3.09. The molecule has 0 amide bonds. The van der Waals surface area contributed by atoms with Crippen LogP contribution in [0.1, 0.15) is 18.1 Å². The first-order chi connectivity index (χ1) is 11.1. The van der Waals surface area contributed by atoms with Crippen molar-refractivity contribution >= 4 is 5.69 Å². The molecule has 2 rings (SSSR count). The van der Waals surface area contributed by atoms with Crippen LogP contribution in [0.5, 0.6) is 5.75 Å². The minimum Gasteiger partial charge on any atom is -0.473 e. The van der Waals surface area contributed by atoms with Gasteiger partial charge in [-0.05, 0) is 44.0 Å². The second-order valence-electron chi connectivity index (χ2n) is 5.74. The summed E-state index contributed by atoms with van der Waals surface area (Å²) < 4.78 is 5.79. The maximum absolute atomic E-state index is 9.87. The van der Waals surface area contributed by atoms with Gasteiger partial charge in [-0.2, -0.15) is 0 Å². The lowest BCUT2D eigenvalue weighted by Crippen LogP contribution is -2.44. The van der Waals surface area contributed by atoms with E-state index in [1.165, 1.54) is 16.8 Å². The number of aliphatic hydroxyl groups is 1. The van der Waals surface area contributed by atoms with Gasteiger partial charge >= 0.3 is 0 Å². The molecule has 4 nitrogen and oxygen atoms in total. The van der Waals surface area contributed by atoms with E-state index in [9.17, 15) is 5.11 Å². The van der Waals surface area contributed by atoms with Gasteiger partial charge in [0.2, 0.25) is 0 Å². The third kappa shape index (κ3) is 5.27. The van der Waals surface area contributed by atoms with E-state index in [0.717, 1.165) is 12.3 Å². The summed E-state index contributed by atoms with van der Waals surface area (Å²) in [5.74, 6) is 0.744. The quantitative estimate of drug-likeness (QED) is 0.518. The van der Waals surface area contributed by atoms with Gasteiger partial charge in [-0.15, -0.1) is 0 Å². The highest BCUT2D eigenvalue weighted by Gasteiger charge is 2.15. The van der Waals surface area contributed by atoms with Crippen LogP contribution in [0.15, 0.2) is 48.5 Å². The Morgan fingerprint density at radius 3 is 2.22 bits per heavy atom. The number of anilines is 1. The summed E-state index contributed by atoms with van der Waals surface area (Å²) in [6, 6.07) is 15.8. The molecule has 0 saturated carbocycles. The van der Waals surface area contributed by atoms with Crippen LogP contribution >= 0.6 is 0 Å². The molecule has 0 fully saturated rings. The third-order valence-electron chi connectivity index (χ3n) is 3.70. The van der Waals surface area contributed by atoms with Gasteiger partial charge in [0.1, 0.15) is 11.9 Å². The Morgan fingerprint density at radius 1 is 0.957 bits per heavy atom. The van der Waals surface area contributed by atoms with Crippen LogP contribution in [0.2, 0.25) is 0 Å². The normalized spacial score (nSPS) is 13.4. The van der Waals surface area contributed by atoms with Crippen molar-refractivity contribution in [2.45, 2.75) is 33.1 Å². The number of benzene rings is 2. The lowest BCUT2D eigenvalue weighted by molar-refractivity contribution is 0.0279. The SMILES string of the molecule is Cc1cccc(C)c1NCCNC(Oc1ccccc1)C(C)O. The van der Waals surface area contributed by atoms with E-state index >= 15 is 0 Å². The Kier molecular flexibility index (Phi) is 6.44. The molecule has 4 heteroatoms. The van der Waals surface area contributed by atoms with Crippen LogP contribution in [-0.4, -0.2) is 30.5 Å². The number of aryl methyl sites for hydroxylation is 2. The summed E-state index contributed by atoms with van der Waals surface area (Å²) in [5, 5.41) is 16.6. The molecule has 0 radical (unpaired) electrons. The van der Waals surface area contributed by atoms with E-state index in [2.05, 4.69) is 42.7 Å². The summed E-state index contributed by atoms with van der Waals surface area (Å²) in [7, 11) is 0. The lowest BCUT2D eigenvalue weighted by Gasteiger charge is -2.23. The fourth-order valence-corrected chi connectivity index (χ4v) is 2.45.